The van der Waals surface area contributed by atoms with Gasteiger partial charge < -0.3 is 9.84 Å². The van der Waals surface area contributed by atoms with Gasteiger partial charge in [0.2, 0.25) is 5.88 Å². The van der Waals surface area contributed by atoms with Crippen molar-refractivity contribution in [1.82, 2.24) is 9.55 Å². The molecule has 0 saturated heterocycles. The van der Waals surface area contributed by atoms with Gasteiger partial charge in [-0.25, -0.2) is 14.2 Å². The van der Waals surface area contributed by atoms with Crippen molar-refractivity contribution >= 4 is 17.4 Å². The number of nitrogens with zero attached hydrogens (tertiary/aromatic N) is 2. The third-order valence-electron chi connectivity index (χ3n) is 4.03. The molecule has 142 valence electrons. The van der Waals surface area contributed by atoms with Crippen molar-refractivity contribution < 1.29 is 14.6 Å². The topological polar surface area (TPSA) is 114 Å². The van der Waals surface area contributed by atoms with Gasteiger partial charge in [0.05, 0.1) is 29.8 Å². The van der Waals surface area contributed by atoms with Crippen molar-refractivity contribution in [2.45, 2.75) is 6.92 Å². The highest BCUT2D eigenvalue weighted by Gasteiger charge is 2.18. The SMILES string of the molecule is COC(=O)c1cccc(N=C(C)c2c(O)n(-c3ccccc3)c(=O)[nH]c2=O)c1. The van der Waals surface area contributed by atoms with E-state index in [1.54, 1.807) is 48.5 Å². The number of hydrogen-bond acceptors (Lipinski definition) is 6. The Balaban J connectivity index is 2.14. The number of aromatic nitrogens is 2. The molecule has 0 aliphatic heterocycles. The lowest BCUT2D eigenvalue weighted by Crippen LogP contribution is -2.32. The van der Waals surface area contributed by atoms with Crippen molar-refractivity contribution in [3.05, 3.63) is 86.6 Å². The summed E-state index contributed by atoms with van der Waals surface area (Å²) in [7, 11) is 1.27. The number of ether oxygens (including phenoxy) is 1. The number of aliphatic imine (C=N–C) groups is 1. The van der Waals surface area contributed by atoms with E-state index in [0.29, 0.717) is 16.9 Å². The molecule has 3 rings (SSSR count). The molecule has 1 aromatic heterocycles. The number of methoxy groups -OCH3 is 1. The first kappa shape index (κ1) is 18.8. The van der Waals surface area contributed by atoms with Crippen molar-refractivity contribution in [2.75, 3.05) is 7.11 Å². The lowest BCUT2D eigenvalue weighted by atomic mass is 10.1. The Morgan fingerprint density at radius 3 is 2.50 bits per heavy atom. The van der Waals surface area contributed by atoms with Gasteiger partial charge in [-0.15, -0.1) is 0 Å². The highest BCUT2D eigenvalue weighted by atomic mass is 16.5. The molecular weight excluding hydrogens is 362 g/mol. The number of aromatic hydroxyl groups is 1. The minimum Gasteiger partial charge on any atom is -0.493 e. The molecule has 0 fully saturated rings. The molecule has 3 aromatic rings. The molecule has 0 aliphatic rings. The van der Waals surface area contributed by atoms with Crippen LogP contribution in [0, 0.1) is 0 Å². The van der Waals surface area contributed by atoms with E-state index in [4.69, 9.17) is 0 Å². The molecule has 0 radical (unpaired) electrons. The fourth-order valence-corrected chi connectivity index (χ4v) is 2.74. The summed E-state index contributed by atoms with van der Waals surface area (Å²) in [4.78, 5) is 42.7. The Kier molecular flexibility index (Phi) is 5.21. The summed E-state index contributed by atoms with van der Waals surface area (Å²) in [5.41, 5.74) is -0.432. The smallest absolute Gasteiger partial charge is 0.337 e. The van der Waals surface area contributed by atoms with Crippen LogP contribution in [-0.4, -0.2) is 33.4 Å². The Morgan fingerprint density at radius 2 is 1.82 bits per heavy atom. The number of H-pyrrole nitrogens is 1. The standard InChI is InChI=1S/C20H17N3O5/c1-12(21-14-8-6-7-13(11-14)19(26)28-2)16-17(24)22-20(27)23(18(16)25)15-9-4-3-5-10-15/h3-11,25H,1-2H3,(H,22,24,27). The van der Waals surface area contributed by atoms with Crippen LogP contribution in [-0.2, 0) is 4.74 Å². The minimum atomic E-state index is -0.766. The first-order chi connectivity index (χ1) is 13.4. The molecule has 0 aliphatic carbocycles. The maximum atomic E-state index is 12.3. The molecule has 0 unspecified atom stereocenters. The summed E-state index contributed by atoms with van der Waals surface area (Å²) in [6.07, 6.45) is 0. The van der Waals surface area contributed by atoms with Crippen LogP contribution in [0.1, 0.15) is 22.8 Å². The second kappa shape index (κ2) is 7.75. The minimum absolute atomic E-state index is 0.146. The van der Waals surface area contributed by atoms with Crippen LogP contribution in [0.4, 0.5) is 5.69 Å². The molecule has 2 aromatic carbocycles. The van der Waals surface area contributed by atoms with Crippen molar-refractivity contribution in [3.8, 4) is 11.6 Å². The fourth-order valence-electron chi connectivity index (χ4n) is 2.74. The number of hydrogen-bond donors (Lipinski definition) is 2. The molecule has 0 bridgehead atoms. The second-order valence-electron chi connectivity index (χ2n) is 5.87. The van der Waals surface area contributed by atoms with Gasteiger partial charge in [-0.3, -0.25) is 14.8 Å². The Hall–Kier alpha value is -3.94. The van der Waals surface area contributed by atoms with E-state index in [1.807, 2.05) is 0 Å². The molecule has 8 nitrogen and oxygen atoms in total. The monoisotopic (exact) mass is 379 g/mol. The molecule has 0 amide bonds. The molecule has 0 saturated carbocycles. The van der Waals surface area contributed by atoms with E-state index >= 15 is 0 Å². The molecule has 28 heavy (non-hydrogen) atoms. The molecular formula is C20H17N3O5. The van der Waals surface area contributed by atoms with Gasteiger partial charge in [0, 0.05) is 0 Å². The molecule has 1 heterocycles. The molecule has 8 heteroatoms. The largest absolute Gasteiger partial charge is 0.493 e. The van der Waals surface area contributed by atoms with E-state index in [0.717, 1.165) is 4.57 Å². The van der Waals surface area contributed by atoms with Gasteiger partial charge in [-0.2, -0.15) is 0 Å². The average Bonchev–Trinajstić information content (AvgIpc) is 2.68. The molecule has 0 atom stereocenters. The van der Waals surface area contributed by atoms with E-state index < -0.39 is 23.1 Å². The van der Waals surface area contributed by atoms with Crippen LogP contribution in [0.3, 0.4) is 0 Å². The van der Waals surface area contributed by atoms with Crippen LogP contribution in [0.15, 0.2) is 69.2 Å². The molecule has 0 spiro atoms. The number of nitrogens with one attached hydrogen (secondary N) is 1. The van der Waals surface area contributed by atoms with Crippen molar-refractivity contribution in [3.63, 3.8) is 0 Å². The van der Waals surface area contributed by atoms with Gasteiger partial charge in [0.25, 0.3) is 5.56 Å². The van der Waals surface area contributed by atoms with Gasteiger partial charge in [0.1, 0.15) is 5.56 Å². The average molecular weight is 379 g/mol. The zero-order chi connectivity index (χ0) is 20.3. The number of rotatable bonds is 4. The lowest BCUT2D eigenvalue weighted by molar-refractivity contribution is 0.0600. The van der Waals surface area contributed by atoms with E-state index in [2.05, 4.69) is 14.7 Å². The highest BCUT2D eigenvalue weighted by Crippen LogP contribution is 2.20. The highest BCUT2D eigenvalue weighted by molar-refractivity contribution is 6.02. The third kappa shape index (κ3) is 3.61. The van der Waals surface area contributed by atoms with E-state index in [9.17, 15) is 19.5 Å². The predicted octanol–water partition coefficient (Wildman–Crippen LogP) is 2.16. The number of carbonyl (C=O) groups excluding carboxylic acids is 1. The molecule has 2 N–H and O–H groups in total. The maximum absolute atomic E-state index is 12.3. The van der Waals surface area contributed by atoms with Gasteiger partial charge in [-0.1, -0.05) is 24.3 Å². The van der Waals surface area contributed by atoms with Crippen molar-refractivity contribution in [2.24, 2.45) is 4.99 Å². The van der Waals surface area contributed by atoms with Crippen LogP contribution in [0.2, 0.25) is 0 Å². The summed E-state index contributed by atoms with van der Waals surface area (Å²) in [6, 6.07) is 14.7. The van der Waals surface area contributed by atoms with Crippen LogP contribution < -0.4 is 11.2 Å². The first-order valence-corrected chi connectivity index (χ1v) is 8.30. The predicted molar refractivity (Wildman–Crippen MR) is 104 cm³/mol. The summed E-state index contributed by atoms with van der Waals surface area (Å²) in [5.74, 6) is -1.04. The number of carbonyl (C=O) groups is 1. The quantitative estimate of drug-likeness (QED) is 0.533. The van der Waals surface area contributed by atoms with Crippen LogP contribution in [0.5, 0.6) is 5.88 Å². The van der Waals surface area contributed by atoms with Crippen LogP contribution >= 0.6 is 0 Å². The fraction of sp³-hybridized carbons (Fsp3) is 0.100. The zero-order valence-electron chi connectivity index (χ0n) is 15.2. The lowest BCUT2D eigenvalue weighted by Gasteiger charge is -2.11. The third-order valence-corrected chi connectivity index (χ3v) is 4.03. The zero-order valence-corrected chi connectivity index (χ0v) is 15.2. The van der Waals surface area contributed by atoms with Gasteiger partial charge in [0.15, 0.2) is 0 Å². The van der Waals surface area contributed by atoms with Crippen molar-refractivity contribution in [1.29, 1.82) is 0 Å². The summed E-state index contributed by atoms with van der Waals surface area (Å²) in [5, 5.41) is 10.6. The summed E-state index contributed by atoms with van der Waals surface area (Å²) >= 11 is 0. The summed E-state index contributed by atoms with van der Waals surface area (Å²) < 4.78 is 5.66. The normalized spacial score (nSPS) is 11.3. The first-order valence-electron chi connectivity index (χ1n) is 8.30. The van der Waals surface area contributed by atoms with Crippen LogP contribution in [0.25, 0.3) is 5.69 Å². The van der Waals surface area contributed by atoms with Gasteiger partial charge >= 0.3 is 11.7 Å². The number of benzene rings is 2. The number of para-hydroxylation sites is 1. The Bertz CT molecular complexity index is 1180. The Labute approximate surface area is 159 Å². The second-order valence-corrected chi connectivity index (χ2v) is 5.87. The van der Waals surface area contributed by atoms with E-state index in [-0.39, 0.29) is 11.3 Å². The maximum Gasteiger partial charge on any atom is 0.337 e. The number of aromatic amines is 1. The van der Waals surface area contributed by atoms with Gasteiger partial charge in [-0.05, 0) is 37.3 Å². The number of esters is 1. The van der Waals surface area contributed by atoms with E-state index in [1.165, 1.54) is 20.1 Å². The summed E-state index contributed by atoms with van der Waals surface area (Å²) in [6.45, 7) is 1.52. The Morgan fingerprint density at radius 1 is 1.11 bits per heavy atom.